The van der Waals surface area contributed by atoms with Crippen LogP contribution in [0, 0.1) is 13.8 Å². The largest absolute Gasteiger partial charge is 0.391 e. The Bertz CT molecular complexity index is 468. The van der Waals surface area contributed by atoms with Crippen molar-refractivity contribution in [1.82, 2.24) is 15.1 Å². The number of nitrogens with one attached hydrogen (secondary N) is 1. The van der Waals surface area contributed by atoms with Crippen LogP contribution >= 0.6 is 0 Å². The summed E-state index contributed by atoms with van der Waals surface area (Å²) in [7, 11) is 1.88. The Morgan fingerprint density at radius 1 is 1.42 bits per heavy atom. The van der Waals surface area contributed by atoms with E-state index in [1.165, 1.54) is 0 Å². The number of aryl methyl sites for hydroxylation is 2. The maximum atomic E-state index is 12.1. The maximum Gasteiger partial charge on any atom is 0.224 e. The van der Waals surface area contributed by atoms with Crippen LogP contribution < -0.4 is 5.32 Å². The van der Waals surface area contributed by atoms with Gasteiger partial charge in [-0.15, -0.1) is 0 Å². The first-order chi connectivity index (χ1) is 8.99. The van der Waals surface area contributed by atoms with Crippen LogP contribution in [0.4, 0.5) is 0 Å². The number of carbonyl (C=O) groups is 1. The molecule has 5 nitrogen and oxygen atoms in total. The third kappa shape index (κ3) is 3.15. The van der Waals surface area contributed by atoms with Gasteiger partial charge in [0.05, 0.1) is 24.3 Å². The minimum atomic E-state index is -0.395. The first kappa shape index (κ1) is 14.1. The van der Waals surface area contributed by atoms with Crippen LogP contribution in [0.15, 0.2) is 0 Å². The van der Waals surface area contributed by atoms with Crippen LogP contribution in [-0.4, -0.2) is 32.9 Å². The monoisotopic (exact) mass is 265 g/mol. The molecule has 0 bridgehead atoms. The molecule has 1 fully saturated rings. The lowest BCUT2D eigenvalue weighted by Crippen LogP contribution is -2.45. The Balaban J connectivity index is 1.97. The maximum absolute atomic E-state index is 12.1. The van der Waals surface area contributed by atoms with E-state index in [0.717, 1.165) is 42.6 Å². The SMILES string of the molecule is Cc1nn(C)c(C)c1CC(=O)NC1CCCCC1O. The van der Waals surface area contributed by atoms with Crippen molar-refractivity contribution in [3.05, 3.63) is 17.0 Å². The number of hydrogen-bond donors (Lipinski definition) is 2. The Hall–Kier alpha value is -1.36. The second-order valence-corrected chi connectivity index (χ2v) is 5.48. The van der Waals surface area contributed by atoms with Gasteiger partial charge in [-0.05, 0) is 26.7 Å². The topological polar surface area (TPSA) is 67.2 Å². The standard InChI is InChI=1S/C14H23N3O2/c1-9-11(10(2)17(3)16-9)8-14(19)15-12-6-4-5-7-13(12)18/h12-13,18H,4-8H2,1-3H3,(H,15,19). The molecule has 2 N–H and O–H groups in total. The number of rotatable bonds is 3. The van der Waals surface area contributed by atoms with E-state index in [2.05, 4.69) is 10.4 Å². The van der Waals surface area contributed by atoms with Crippen molar-refractivity contribution in [2.24, 2.45) is 7.05 Å². The molecule has 1 heterocycles. The summed E-state index contributed by atoms with van der Waals surface area (Å²) in [5, 5.41) is 17.1. The quantitative estimate of drug-likeness (QED) is 0.856. The van der Waals surface area contributed by atoms with E-state index < -0.39 is 6.10 Å². The fraction of sp³-hybridized carbons (Fsp3) is 0.714. The van der Waals surface area contributed by atoms with Gasteiger partial charge < -0.3 is 10.4 Å². The number of carbonyl (C=O) groups excluding carboxylic acids is 1. The van der Waals surface area contributed by atoms with Crippen LogP contribution in [0.5, 0.6) is 0 Å². The van der Waals surface area contributed by atoms with Crippen LogP contribution in [0.25, 0.3) is 0 Å². The molecule has 2 unspecified atom stereocenters. The highest BCUT2D eigenvalue weighted by Crippen LogP contribution is 2.19. The summed E-state index contributed by atoms with van der Waals surface area (Å²) < 4.78 is 1.80. The zero-order valence-electron chi connectivity index (χ0n) is 11.9. The summed E-state index contributed by atoms with van der Waals surface area (Å²) in [6, 6.07) is -0.0847. The summed E-state index contributed by atoms with van der Waals surface area (Å²) in [5.74, 6) is -0.0230. The number of aromatic nitrogens is 2. The molecule has 1 aromatic rings. The molecule has 5 heteroatoms. The summed E-state index contributed by atoms with van der Waals surface area (Å²) in [6.07, 6.45) is 3.73. The van der Waals surface area contributed by atoms with Gasteiger partial charge in [0, 0.05) is 18.3 Å². The van der Waals surface area contributed by atoms with Gasteiger partial charge in [0.25, 0.3) is 0 Å². The number of hydrogen-bond acceptors (Lipinski definition) is 3. The predicted octanol–water partition coefficient (Wildman–Crippen LogP) is 0.999. The number of nitrogens with zero attached hydrogens (tertiary/aromatic N) is 2. The minimum Gasteiger partial charge on any atom is -0.391 e. The van der Waals surface area contributed by atoms with E-state index in [9.17, 15) is 9.90 Å². The summed E-state index contributed by atoms with van der Waals surface area (Å²) in [4.78, 5) is 12.1. The van der Waals surface area contributed by atoms with E-state index >= 15 is 0 Å². The molecule has 0 radical (unpaired) electrons. The molecule has 106 valence electrons. The van der Waals surface area contributed by atoms with E-state index in [1.54, 1.807) is 4.68 Å². The lowest BCUT2D eigenvalue weighted by molar-refractivity contribution is -0.122. The summed E-state index contributed by atoms with van der Waals surface area (Å²) in [5.41, 5.74) is 2.92. The second kappa shape index (κ2) is 5.74. The molecule has 1 aromatic heterocycles. The third-order valence-electron chi connectivity index (χ3n) is 4.07. The van der Waals surface area contributed by atoms with Gasteiger partial charge >= 0.3 is 0 Å². The lowest BCUT2D eigenvalue weighted by atomic mass is 9.92. The minimum absolute atomic E-state index is 0.0230. The van der Waals surface area contributed by atoms with Crippen LogP contribution in [-0.2, 0) is 18.3 Å². The Kier molecular flexibility index (Phi) is 4.24. The first-order valence-electron chi connectivity index (χ1n) is 6.95. The first-order valence-corrected chi connectivity index (χ1v) is 6.95. The molecular weight excluding hydrogens is 242 g/mol. The van der Waals surface area contributed by atoms with Gasteiger partial charge in [0.1, 0.15) is 0 Å². The van der Waals surface area contributed by atoms with E-state index in [4.69, 9.17) is 0 Å². The van der Waals surface area contributed by atoms with Crippen LogP contribution in [0.1, 0.15) is 42.6 Å². The van der Waals surface area contributed by atoms with Crippen molar-refractivity contribution in [1.29, 1.82) is 0 Å². The second-order valence-electron chi connectivity index (χ2n) is 5.48. The van der Waals surface area contributed by atoms with Gasteiger partial charge in [0.15, 0.2) is 0 Å². The fourth-order valence-corrected chi connectivity index (χ4v) is 2.77. The molecule has 2 rings (SSSR count). The average molecular weight is 265 g/mol. The van der Waals surface area contributed by atoms with Crippen molar-refractivity contribution in [2.75, 3.05) is 0 Å². The predicted molar refractivity (Wildman–Crippen MR) is 72.8 cm³/mol. The van der Waals surface area contributed by atoms with Crippen molar-refractivity contribution in [2.45, 2.75) is 58.1 Å². The molecule has 0 saturated heterocycles. The highest BCUT2D eigenvalue weighted by Gasteiger charge is 2.25. The van der Waals surface area contributed by atoms with E-state index in [0.29, 0.717) is 6.42 Å². The molecule has 1 saturated carbocycles. The van der Waals surface area contributed by atoms with Crippen LogP contribution in [0.3, 0.4) is 0 Å². The Morgan fingerprint density at radius 2 is 2.11 bits per heavy atom. The average Bonchev–Trinajstić information content (AvgIpc) is 2.59. The van der Waals surface area contributed by atoms with Gasteiger partial charge in [-0.1, -0.05) is 12.8 Å². The summed E-state index contributed by atoms with van der Waals surface area (Å²) >= 11 is 0. The van der Waals surface area contributed by atoms with Gasteiger partial charge in [-0.25, -0.2) is 0 Å². The molecule has 1 amide bonds. The lowest BCUT2D eigenvalue weighted by Gasteiger charge is -2.28. The van der Waals surface area contributed by atoms with Crippen LogP contribution in [0.2, 0.25) is 0 Å². The summed E-state index contributed by atoms with van der Waals surface area (Å²) in [6.45, 7) is 3.89. The normalized spacial score (nSPS) is 23.4. The van der Waals surface area contributed by atoms with Gasteiger partial charge in [0.2, 0.25) is 5.91 Å². The molecule has 2 atom stereocenters. The number of amides is 1. The molecule has 1 aliphatic rings. The molecular formula is C14H23N3O2. The highest BCUT2D eigenvalue weighted by atomic mass is 16.3. The zero-order valence-corrected chi connectivity index (χ0v) is 11.9. The Morgan fingerprint density at radius 3 is 2.68 bits per heavy atom. The zero-order chi connectivity index (χ0) is 14.0. The highest BCUT2D eigenvalue weighted by molar-refractivity contribution is 5.79. The number of aliphatic hydroxyl groups excluding tert-OH is 1. The molecule has 0 aromatic carbocycles. The third-order valence-corrected chi connectivity index (χ3v) is 4.07. The molecule has 0 spiro atoms. The smallest absolute Gasteiger partial charge is 0.224 e. The van der Waals surface area contributed by atoms with Crippen molar-refractivity contribution < 1.29 is 9.90 Å². The molecule has 19 heavy (non-hydrogen) atoms. The van der Waals surface area contributed by atoms with Gasteiger partial charge in [-0.3, -0.25) is 9.48 Å². The number of aliphatic hydroxyl groups is 1. The van der Waals surface area contributed by atoms with E-state index in [1.807, 2.05) is 20.9 Å². The molecule has 1 aliphatic carbocycles. The molecule has 0 aliphatic heterocycles. The van der Waals surface area contributed by atoms with Gasteiger partial charge in [-0.2, -0.15) is 5.10 Å². The Labute approximate surface area is 114 Å². The van der Waals surface area contributed by atoms with Crippen molar-refractivity contribution in [3.8, 4) is 0 Å². The fourth-order valence-electron chi connectivity index (χ4n) is 2.77. The van der Waals surface area contributed by atoms with Crippen molar-refractivity contribution >= 4 is 5.91 Å². The van der Waals surface area contributed by atoms with E-state index in [-0.39, 0.29) is 11.9 Å². The van der Waals surface area contributed by atoms with Crippen molar-refractivity contribution in [3.63, 3.8) is 0 Å².